The molecule has 7 heteroatoms. The van der Waals surface area contributed by atoms with Gasteiger partial charge in [0, 0.05) is 43.3 Å². The summed E-state index contributed by atoms with van der Waals surface area (Å²) < 4.78 is 23.8. The number of hydrogen-bond donors (Lipinski definition) is 1. The highest BCUT2D eigenvalue weighted by atomic mass is 16.5. The van der Waals surface area contributed by atoms with Crippen LogP contribution in [0.3, 0.4) is 0 Å². The second-order valence-electron chi connectivity index (χ2n) is 8.90. The monoisotopic (exact) mass is 487 g/mol. The zero-order chi connectivity index (χ0) is 24.6. The molecule has 188 valence electrons. The number of nitrogens with zero attached hydrogens (tertiary/aromatic N) is 2. The molecule has 1 aliphatic rings. The van der Waals surface area contributed by atoms with Crippen molar-refractivity contribution in [3.8, 4) is 11.5 Å². The normalized spacial score (nSPS) is 13.8. The van der Waals surface area contributed by atoms with E-state index in [1.165, 1.54) is 11.3 Å². The van der Waals surface area contributed by atoms with E-state index < -0.39 is 0 Å². The Morgan fingerprint density at radius 3 is 2.67 bits per heavy atom. The molecular weight excluding hydrogens is 454 g/mol. The first-order valence-electron chi connectivity index (χ1n) is 12.6. The first kappa shape index (κ1) is 24.2. The zero-order valence-corrected chi connectivity index (χ0v) is 20.7. The maximum atomic E-state index is 6.13. The van der Waals surface area contributed by atoms with Gasteiger partial charge in [-0.05, 0) is 67.9 Å². The highest BCUT2D eigenvalue weighted by molar-refractivity contribution is 5.88. The Balaban J connectivity index is 1.14. The number of pyridine rings is 1. The van der Waals surface area contributed by atoms with Crippen molar-refractivity contribution in [3.63, 3.8) is 0 Å². The number of ether oxygens (including phenoxy) is 3. The van der Waals surface area contributed by atoms with Crippen molar-refractivity contribution in [3.05, 3.63) is 83.9 Å². The van der Waals surface area contributed by atoms with E-state index in [4.69, 9.17) is 18.6 Å². The highest BCUT2D eigenvalue weighted by Crippen LogP contribution is 2.34. The third-order valence-corrected chi connectivity index (χ3v) is 6.40. The van der Waals surface area contributed by atoms with Crippen LogP contribution in [0.1, 0.15) is 23.3 Å². The summed E-state index contributed by atoms with van der Waals surface area (Å²) in [6, 6.07) is 18.2. The lowest BCUT2D eigenvalue weighted by Gasteiger charge is -2.28. The summed E-state index contributed by atoms with van der Waals surface area (Å²) in [7, 11) is 0. The van der Waals surface area contributed by atoms with Gasteiger partial charge in [-0.1, -0.05) is 12.1 Å². The predicted molar refractivity (Wildman–Crippen MR) is 141 cm³/mol. The summed E-state index contributed by atoms with van der Waals surface area (Å²) in [5.74, 6) is 2.49. The molecule has 1 N–H and O–H groups in total. The van der Waals surface area contributed by atoms with Gasteiger partial charge in [0.15, 0.2) is 0 Å². The third-order valence-electron chi connectivity index (χ3n) is 6.40. The van der Waals surface area contributed by atoms with Gasteiger partial charge in [-0.25, -0.2) is 0 Å². The Kier molecular flexibility index (Phi) is 8.00. The van der Waals surface area contributed by atoms with Crippen LogP contribution < -0.4 is 19.7 Å². The van der Waals surface area contributed by atoms with Crippen LogP contribution in [0.5, 0.6) is 11.5 Å². The lowest BCUT2D eigenvalue weighted by atomic mass is 10.1. The molecule has 0 radical (unpaired) electrons. The van der Waals surface area contributed by atoms with Crippen molar-refractivity contribution in [2.24, 2.45) is 0 Å². The van der Waals surface area contributed by atoms with E-state index in [2.05, 4.69) is 40.3 Å². The molecule has 2 aromatic carbocycles. The fourth-order valence-electron chi connectivity index (χ4n) is 4.41. The first-order chi connectivity index (χ1) is 17.8. The minimum Gasteiger partial charge on any atom is -0.493 e. The molecule has 0 unspecified atom stereocenters. The summed E-state index contributed by atoms with van der Waals surface area (Å²) in [5.41, 5.74) is 4.25. The van der Waals surface area contributed by atoms with Gasteiger partial charge in [-0.3, -0.25) is 4.98 Å². The number of furan rings is 1. The Morgan fingerprint density at radius 1 is 1.00 bits per heavy atom. The molecule has 0 bridgehead atoms. The van der Waals surface area contributed by atoms with Crippen molar-refractivity contribution in [2.75, 3.05) is 44.4 Å². The molecule has 0 atom stereocenters. The fourth-order valence-corrected chi connectivity index (χ4v) is 4.41. The lowest BCUT2D eigenvalue weighted by molar-refractivity contribution is 0.122. The van der Waals surface area contributed by atoms with Gasteiger partial charge in [0.1, 0.15) is 29.4 Å². The second kappa shape index (κ2) is 11.9. The summed E-state index contributed by atoms with van der Waals surface area (Å²) in [6.07, 6.45) is 4.58. The minimum atomic E-state index is 0.370. The summed E-state index contributed by atoms with van der Waals surface area (Å²) in [4.78, 5) is 6.47. The number of anilines is 1. The van der Waals surface area contributed by atoms with Gasteiger partial charge in [-0.2, -0.15) is 0 Å². The Hall–Kier alpha value is -3.55. The number of fused-ring (bicyclic) bond motifs is 1. The van der Waals surface area contributed by atoms with E-state index in [9.17, 15) is 0 Å². The van der Waals surface area contributed by atoms with Gasteiger partial charge in [-0.15, -0.1) is 0 Å². The second-order valence-corrected chi connectivity index (χ2v) is 8.90. The molecule has 1 saturated heterocycles. The third kappa shape index (κ3) is 5.98. The molecule has 1 aliphatic heterocycles. The van der Waals surface area contributed by atoms with E-state index >= 15 is 0 Å². The smallest absolute Gasteiger partial charge is 0.146 e. The van der Waals surface area contributed by atoms with Crippen molar-refractivity contribution in [2.45, 2.75) is 26.5 Å². The molecule has 0 aliphatic carbocycles. The molecule has 0 spiro atoms. The molecule has 2 aromatic heterocycles. The van der Waals surface area contributed by atoms with E-state index in [1.54, 1.807) is 6.20 Å². The van der Waals surface area contributed by atoms with Crippen LogP contribution in [0.15, 0.2) is 71.4 Å². The van der Waals surface area contributed by atoms with Crippen LogP contribution in [0.25, 0.3) is 11.0 Å². The summed E-state index contributed by atoms with van der Waals surface area (Å²) in [5, 5.41) is 4.45. The standard InChI is InChI=1S/C29H33N3O4/c1-22-28(21-35-25-10-8-24(9-11-25)32-14-17-33-18-15-32)36-27-7-2-6-26(29(22)27)34-16-4-13-31-20-23-5-3-12-30-19-23/h2-3,5-12,19,31H,4,13-18,20-21H2,1H3. The number of nitrogens with one attached hydrogen (secondary N) is 1. The van der Waals surface area contributed by atoms with Crippen LogP contribution in [0.4, 0.5) is 5.69 Å². The molecule has 0 saturated carbocycles. The number of aryl methyl sites for hydroxylation is 1. The average molecular weight is 488 g/mol. The molecule has 4 aromatic rings. The lowest BCUT2D eigenvalue weighted by Crippen LogP contribution is -2.36. The van der Waals surface area contributed by atoms with E-state index in [0.29, 0.717) is 13.2 Å². The zero-order valence-electron chi connectivity index (χ0n) is 20.7. The number of aromatic nitrogens is 1. The van der Waals surface area contributed by atoms with Gasteiger partial charge in [0.2, 0.25) is 0 Å². The van der Waals surface area contributed by atoms with Crippen molar-refractivity contribution < 1.29 is 18.6 Å². The number of benzene rings is 2. The highest BCUT2D eigenvalue weighted by Gasteiger charge is 2.16. The van der Waals surface area contributed by atoms with Gasteiger partial charge < -0.3 is 28.8 Å². The van der Waals surface area contributed by atoms with E-state index in [1.807, 2.05) is 42.6 Å². The van der Waals surface area contributed by atoms with Gasteiger partial charge >= 0.3 is 0 Å². The van der Waals surface area contributed by atoms with Crippen molar-refractivity contribution >= 4 is 16.7 Å². The Bertz CT molecular complexity index is 1230. The maximum Gasteiger partial charge on any atom is 0.146 e. The molecule has 5 rings (SSSR count). The summed E-state index contributed by atoms with van der Waals surface area (Å²) in [6.45, 7) is 8.14. The van der Waals surface area contributed by atoms with Crippen LogP contribution in [-0.4, -0.2) is 44.4 Å². The number of morpholine rings is 1. The molecular formula is C29H33N3O4. The molecule has 0 amide bonds. The van der Waals surface area contributed by atoms with Crippen molar-refractivity contribution in [1.82, 2.24) is 10.3 Å². The van der Waals surface area contributed by atoms with Crippen LogP contribution in [0.2, 0.25) is 0 Å². The molecule has 7 nitrogen and oxygen atoms in total. The SMILES string of the molecule is Cc1c(COc2ccc(N3CCOCC3)cc2)oc2cccc(OCCCNCc3cccnc3)c12. The molecule has 36 heavy (non-hydrogen) atoms. The van der Waals surface area contributed by atoms with Gasteiger partial charge in [0.05, 0.1) is 25.2 Å². The predicted octanol–water partition coefficient (Wildman–Crippen LogP) is 5.11. The molecule has 3 heterocycles. The topological polar surface area (TPSA) is 69.0 Å². The van der Waals surface area contributed by atoms with E-state index in [-0.39, 0.29) is 0 Å². The fraction of sp³-hybridized carbons (Fsp3) is 0.345. The maximum absolute atomic E-state index is 6.13. The number of hydrogen-bond acceptors (Lipinski definition) is 7. The van der Waals surface area contributed by atoms with Crippen LogP contribution in [0, 0.1) is 6.92 Å². The van der Waals surface area contributed by atoms with Crippen molar-refractivity contribution in [1.29, 1.82) is 0 Å². The average Bonchev–Trinajstić information content (AvgIpc) is 3.26. The summed E-state index contributed by atoms with van der Waals surface area (Å²) >= 11 is 0. The largest absolute Gasteiger partial charge is 0.493 e. The van der Waals surface area contributed by atoms with Crippen LogP contribution >= 0.6 is 0 Å². The number of rotatable bonds is 11. The van der Waals surface area contributed by atoms with E-state index in [0.717, 1.165) is 79.6 Å². The quantitative estimate of drug-likeness (QED) is 0.295. The first-order valence-corrected chi connectivity index (χ1v) is 12.6. The van der Waals surface area contributed by atoms with Crippen LogP contribution in [-0.2, 0) is 17.9 Å². The Morgan fingerprint density at radius 2 is 1.86 bits per heavy atom. The Labute approximate surface area is 212 Å². The van der Waals surface area contributed by atoms with Gasteiger partial charge in [0.25, 0.3) is 0 Å². The molecule has 1 fully saturated rings. The minimum absolute atomic E-state index is 0.370.